The Hall–Kier alpha value is -2.63. The van der Waals surface area contributed by atoms with Gasteiger partial charge in [-0.25, -0.2) is 4.79 Å². The molecule has 116 valence electrons. The molecule has 6 heteroatoms. The Labute approximate surface area is 128 Å². The monoisotopic (exact) mass is 302 g/mol. The Balaban J connectivity index is 1.52. The second kappa shape index (κ2) is 6.01. The summed E-state index contributed by atoms with van der Waals surface area (Å²) in [7, 11) is 0. The van der Waals surface area contributed by atoms with E-state index in [1.807, 2.05) is 44.2 Å². The van der Waals surface area contributed by atoms with E-state index in [4.69, 9.17) is 13.9 Å². The largest absolute Gasteiger partial charge is 0.464 e. The average molecular weight is 302 g/mol. The standard InChI is InChI=1S/C16H18N2O4/c1-10-3-5-13(22-10)11(2)18-16(19)17-8-12-4-6-14-15(7-12)21-9-20-14/h3-7,11H,8-9H2,1-2H3,(H2,17,18,19)/t11-/m1/s1. The number of furan rings is 1. The molecule has 6 nitrogen and oxygen atoms in total. The zero-order valence-electron chi connectivity index (χ0n) is 12.5. The highest BCUT2D eigenvalue weighted by Crippen LogP contribution is 2.32. The van der Waals surface area contributed by atoms with Crippen molar-refractivity contribution in [2.45, 2.75) is 26.4 Å². The molecule has 0 saturated carbocycles. The minimum absolute atomic E-state index is 0.189. The highest BCUT2D eigenvalue weighted by Gasteiger charge is 2.15. The van der Waals surface area contributed by atoms with Crippen LogP contribution in [0.15, 0.2) is 34.7 Å². The summed E-state index contributed by atoms with van der Waals surface area (Å²) < 4.78 is 16.0. The highest BCUT2D eigenvalue weighted by atomic mass is 16.7. The van der Waals surface area contributed by atoms with E-state index in [-0.39, 0.29) is 18.9 Å². The van der Waals surface area contributed by atoms with Gasteiger partial charge in [0.05, 0.1) is 6.04 Å². The van der Waals surface area contributed by atoms with Crippen LogP contribution in [0.25, 0.3) is 0 Å². The maximum Gasteiger partial charge on any atom is 0.315 e. The molecular formula is C16H18N2O4. The lowest BCUT2D eigenvalue weighted by Crippen LogP contribution is -2.36. The Morgan fingerprint density at radius 2 is 2.05 bits per heavy atom. The predicted molar refractivity (Wildman–Crippen MR) is 79.8 cm³/mol. The molecule has 0 spiro atoms. The second-order valence-electron chi connectivity index (χ2n) is 5.18. The zero-order chi connectivity index (χ0) is 15.5. The van der Waals surface area contributed by atoms with Crippen molar-refractivity contribution in [1.29, 1.82) is 0 Å². The molecule has 2 heterocycles. The minimum Gasteiger partial charge on any atom is -0.464 e. The minimum atomic E-state index is -0.251. The van der Waals surface area contributed by atoms with E-state index in [1.54, 1.807) is 0 Å². The van der Waals surface area contributed by atoms with Crippen molar-refractivity contribution < 1.29 is 18.7 Å². The number of amides is 2. The first-order valence-electron chi connectivity index (χ1n) is 7.11. The molecule has 0 fully saturated rings. The van der Waals surface area contributed by atoms with Crippen LogP contribution in [0.1, 0.15) is 30.0 Å². The maximum atomic E-state index is 11.9. The fourth-order valence-electron chi connectivity index (χ4n) is 2.24. The molecule has 2 aromatic rings. The molecule has 1 atom stereocenters. The lowest BCUT2D eigenvalue weighted by molar-refractivity contribution is 0.174. The van der Waals surface area contributed by atoms with Crippen LogP contribution in [0, 0.1) is 6.92 Å². The lowest BCUT2D eigenvalue weighted by atomic mass is 10.2. The highest BCUT2D eigenvalue weighted by molar-refractivity contribution is 5.74. The predicted octanol–water partition coefficient (Wildman–Crippen LogP) is 2.88. The molecular weight excluding hydrogens is 284 g/mol. The van der Waals surface area contributed by atoms with Crippen molar-refractivity contribution in [3.8, 4) is 11.5 Å². The van der Waals surface area contributed by atoms with Gasteiger partial charge in [0.2, 0.25) is 6.79 Å². The van der Waals surface area contributed by atoms with E-state index in [2.05, 4.69) is 10.6 Å². The van der Waals surface area contributed by atoms with Gasteiger partial charge < -0.3 is 24.5 Å². The first kappa shape index (κ1) is 14.3. The summed E-state index contributed by atoms with van der Waals surface area (Å²) in [5.74, 6) is 2.99. The fraction of sp³-hybridized carbons (Fsp3) is 0.312. The van der Waals surface area contributed by atoms with Crippen molar-refractivity contribution in [2.24, 2.45) is 0 Å². The fourth-order valence-corrected chi connectivity index (χ4v) is 2.24. The van der Waals surface area contributed by atoms with Crippen molar-refractivity contribution in [3.05, 3.63) is 47.4 Å². The summed E-state index contributed by atoms with van der Waals surface area (Å²) in [6.45, 7) is 4.40. The molecule has 0 radical (unpaired) electrons. The number of hydrogen-bond donors (Lipinski definition) is 2. The van der Waals surface area contributed by atoms with Gasteiger partial charge >= 0.3 is 6.03 Å². The van der Waals surface area contributed by atoms with Gasteiger partial charge in [0, 0.05) is 6.54 Å². The third-order valence-electron chi connectivity index (χ3n) is 3.43. The van der Waals surface area contributed by atoms with Crippen LogP contribution in [-0.2, 0) is 6.54 Å². The molecule has 1 aliphatic rings. The molecule has 1 aliphatic heterocycles. The summed E-state index contributed by atoms with van der Waals surface area (Å²) >= 11 is 0. The molecule has 2 N–H and O–H groups in total. The number of benzene rings is 1. The van der Waals surface area contributed by atoms with Crippen LogP contribution in [0.4, 0.5) is 4.79 Å². The summed E-state index contributed by atoms with van der Waals surface area (Å²) in [5.41, 5.74) is 0.945. The van der Waals surface area contributed by atoms with Crippen molar-refractivity contribution in [1.82, 2.24) is 10.6 Å². The van der Waals surface area contributed by atoms with Gasteiger partial charge in [-0.1, -0.05) is 6.07 Å². The van der Waals surface area contributed by atoms with Crippen LogP contribution in [-0.4, -0.2) is 12.8 Å². The summed E-state index contributed by atoms with van der Waals surface area (Å²) in [4.78, 5) is 11.9. The third-order valence-corrected chi connectivity index (χ3v) is 3.43. The Bertz CT molecular complexity index is 681. The number of carbonyl (C=O) groups excluding carboxylic acids is 1. The van der Waals surface area contributed by atoms with Crippen LogP contribution in [0.5, 0.6) is 11.5 Å². The smallest absolute Gasteiger partial charge is 0.315 e. The molecule has 0 unspecified atom stereocenters. The van der Waals surface area contributed by atoms with Crippen molar-refractivity contribution in [2.75, 3.05) is 6.79 Å². The summed E-state index contributed by atoms with van der Waals surface area (Å²) in [5, 5.41) is 5.64. The number of carbonyl (C=O) groups is 1. The van der Waals surface area contributed by atoms with Crippen LogP contribution < -0.4 is 20.1 Å². The number of rotatable bonds is 4. The van der Waals surface area contributed by atoms with Crippen LogP contribution >= 0.6 is 0 Å². The van der Waals surface area contributed by atoms with E-state index in [1.165, 1.54) is 0 Å². The first-order chi connectivity index (χ1) is 10.6. The van der Waals surface area contributed by atoms with Gasteiger partial charge in [-0.15, -0.1) is 0 Å². The van der Waals surface area contributed by atoms with Crippen molar-refractivity contribution >= 4 is 6.03 Å². The van der Waals surface area contributed by atoms with Crippen molar-refractivity contribution in [3.63, 3.8) is 0 Å². The average Bonchev–Trinajstić information content (AvgIpc) is 3.13. The number of hydrogen-bond acceptors (Lipinski definition) is 4. The summed E-state index contributed by atoms with van der Waals surface area (Å²) in [6.07, 6.45) is 0. The Morgan fingerprint density at radius 3 is 2.82 bits per heavy atom. The van der Waals surface area contributed by atoms with Gasteiger partial charge in [-0.3, -0.25) is 0 Å². The first-order valence-corrected chi connectivity index (χ1v) is 7.11. The van der Waals surface area contributed by atoms with E-state index in [9.17, 15) is 4.79 Å². The number of fused-ring (bicyclic) bond motifs is 1. The number of nitrogens with one attached hydrogen (secondary N) is 2. The maximum absolute atomic E-state index is 11.9. The van der Waals surface area contributed by atoms with E-state index >= 15 is 0 Å². The molecule has 0 bridgehead atoms. The van der Waals surface area contributed by atoms with Gasteiger partial charge in [0.15, 0.2) is 11.5 Å². The van der Waals surface area contributed by atoms with E-state index in [0.29, 0.717) is 12.3 Å². The number of aryl methyl sites for hydroxylation is 1. The van der Waals surface area contributed by atoms with Crippen LogP contribution in [0.3, 0.4) is 0 Å². The molecule has 3 rings (SSSR count). The van der Waals surface area contributed by atoms with E-state index < -0.39 is 0 Å². The Kier molecular flexibility index (Phi) is 3.91. The van der Waals surface area contributed by atoms with E-state index in [0.717, 1.165) is 22.8 Å². The zero-order valence-corrected chi connectivity index (χ0v) is 12.5. The topological polar surface area (TPSA) is 72.7 Å². The quantitative estimate of drug-likeness (QED) is 0.911. The molecule has 2 amide bonds. The van der Waals surface area contributed by atoms with Gasteiger partial charge in [0.1, 0.15) is 11.5 Å². The molecule has 0 aliphatic carbocycles. The molecule has 1 aromatic heterocycles. The number of ether oxygens (including phenoxy) is 2. The molecule has 0 saturated heterocycles. The Morgan fingerprint density at radius 1 is 1.23 bits per heavy atom. The molecule has 22 heavy (non-hydrogen) atoms. The van der Waals surface area contributed by atoms with Crippen LogP contribution in [0.2, 0.25) is 0 Å². The number of urea groups is 1. The van der Waals surface area contributed by atoms with Gasteiger partial charge in [-0.05, 0) is 43.7 Å². The normalized spacial score (nSPS) is 13.7. The SMILES string of the molecule is Cc1ccc([C@@H](C)NC(=O)NCc2ccc3c(c2)OCO3)o1. The summed E-state index contributed by atoms with van der Waals surface area (Å²) in [6, 6.07) is 8.89. The third kappa shape index (κ3) is 3.16. The van der Waals surface area contributed by atoms with Gasteiger partial charge in [0.25, 0.3) is 0 Å². The second-order valence-corrected chi connectivity index (χ2v) is 5.18. The lowest BCUT2D eigenvalue weighted by Gasteiger charge is -2.12. The van der Waals surface area contributed by atoms with Gasteiger partial charge in [-0.2, -0.15) is 0 Å². The molecule has 1 aromatic carbocycles.